The smallest absolute Gasteiger partial charge is 0.320 e. The van der Waals surface area contributed by atoms with Crippen LogP contribution in [0.5, 0.6) is 0 Å². The standard InChI is InChI=1S/C11H19N3O2/c1-8(2)10(11(15)16)12-6-4-9-5-7-14(3)13-9/h5,7-8,10,12H,4,6H2,1-3H3,(H,15,16). The Kier molecular flexibility index (Phi) is 4.49. The molecule has 5 heteroatoms. The lowest BCUT2D eigenvalue weighted by Crippen LogP contribution is -2.41. The second-order valence-corrected chi connectivity index (χ2v) is 4.24. The van der Waals surface area contributed by atoms with E-state index in [2.05, 4.69) is 10.4 Å². The summed E-state index contributed by atoms with van der Waals surface area (Å²) in [5.41, 5.74) is 0.975. The Balaban J connectivity index is 2.36. The van der Waals surface area contributed by atoms with E-state index in [-0.39, 0.29) is 5.92 Å². The van der Waals surface area contributed by atoms with E-state index in [9.17, 15) is 4.79 Å². The molecule has 2 N–H and O–H groups in total. The highest BCUT2D eigenvalue weighted by atomic mass is 16.4. The molecule has 1 heterocycles. The number of nitrogens with one attached hydrogen (secondary N) is 1. The number of carbonyl (C=O) groups is 1. The number of hydrogen-bond acceptors (Lipinski definition) is 3. The minimum atomic E-state index is -0.795. The van der Waals surface area contributed by atoms with E-state index in [1.54, 1.807) is 4.68 Å². The average molecular weight is 225 g/mol. The Labute approximate surface area is 95.5 Å². The van der Waals surface area contributed by atoms with Crippen LogP contribution in [0.15, 0.2) is 12.3 Å². The van der Waals surface area contributed by atoms with Crippen molar-refractivity contribution in [3.05, 3.63) is 18.0 Å². The van der Waals surface area contributed by atoms with Crippen molar-refractivity contribution in [2.45, 2.75) is 26.3 Å². The van der Waals surface area contributed by atoms with Crippen molar-refractivity contribution in [3.63, 3.8) is 0 Å². The highest BCUT2D eigenvalue weighted by Crippen LogP contribution is 2.02. The summed E-state index contributed by atoms with van der Waals surface area (Å²) in [6, 6.07) is 1.45. The molecule has 0 aromatic carbocycles. The molecule has 0 bridgehead atoms. The number of carboxylic acids is 1. The maximum atomic E-state index is 10.9. The van der Waals surface area contributed by atoms with Crippen molar-refractivity contribution in [2.75, 3.05) is 6.54 Å². The van der Waals surface area contributed by atoms with Crippen molar-refractivity contribution in [2.24, 2.45) is 13.0 Å². The van der Waals surface area contributed by atoms with Crippen LogP contribution in [0.1, 0.15) is 19.5 Å². The zero-order chi connectivity index (χ0) is 12.1. The molecule has 0 spiro atoms. The van der Waals surface area contributed by atoms with Gasteiger partial charge in [0.2, 0.25) is 0 Å². The zero-order valence-electron chi connectivity index (χ0n) is 9.97. The van der Waals surface area contributed by atoms with E-state index < -0.39 is 12.0 Å². The molecule has 5 nitrogen and oxygen atoms in total. The van der Waals surface area contributed by atoms with Crippen molar-refractivity contribution >= 4 is 5.97 Å². The molecule has 1 unspecified atom stereocenters. The van der Waals surface area contributed by atoms with Gasteiger partial charge in [-0.25, -0.2) is 0 Å². The first-order valence-electron chi connectivity index (χ1n) is 5.45. The molecule has 0 saturated heterocycles. The molecule has 1 rings (SSSR count). The second kappa shape index (κ2) is 5.65. The summed E-state index contributed by atoms with van der Waals surface area (Å²) in [5.74, 6) is -0.711. The van der Waals surface area contributed by atoms with Crippen LogP contribution in [0.4, 0.5) is 0 Å². The van der Waals surface area contributed by atoms with E-state index in [0.29, 0.717) is 6.54 Å². The summed E-state index contributed by atoms with van der Waals surface area (Å²) < 4.78 is 1.74. The third-order valence-corrected chi connectivity index (χ3v) is 2.45. The molecule has 0 radical (unpaired) electrons. The molecule has 0 saturated carbocycles. The molecular weight excluding hydrogens is 206 g/mol. The van der Waals surface area contributed by atoms with Gasteiger partial charge in [0.25, 0.3) is 0 Å². The lowest BCUT2D eigenvalue weighted by Gasteiger charge is -2.17. The fraction of sp³-hybridized carbons (Fsp3) is 0.636. The highest BCUT2D eigenvalue weighted by molar-refractivity contribution is 5.73. The third kappa shape index (κ3) is 3.66. The van der Waals surface area contributed by atoms with Gasteiger partial charge in [-0.05, 0) is 12.0 Å². The van der Waals surface area contributed by atoms with Crippen LogP contribution in [-0.2, 0) is 18.3 Å². The zero-order valence-corrected chi connectivity index (χ0v) is 9.97. The molecule has 0 aliphatic heterocycles. The fourth-order valence-corrected chi connectivity index (χ4v) is 1.56. The molecule has 0 aliphatic rings. The van der Waals surface area contributed by atoms with Gasteiger partial charge < -0.3 is 10.4 Å². The minimum absolute atomic E-state index is 0.0845. The fourth-order valence-electron chi connectivity index (χ4n) is 1.56. The summed E-state index contributed by atoms with van der Waals surface area (Å²) in [5, 5.41) is 16.2. The summed E-state index contributed by atoms with van der Waals surface area (Å²) in [7, 11) is 1.87. The molecule has 16 heavy (non-hydrogen) atoms. The Morgan fingerprint density at radius 1 is 1.62 bits per heavy atom. The quantitative estimate of drug-likeness (QED) is 0.746. The average Bonchev–Trinajstić information content (AvgIpc) is 2.57. The second-order valence-electron chi connectivity index (χ2n) is 4.24. The molecule has 0 fully saturated rings. The summed E-state index contributed by atoms with van der Waals surface area (Å²) in [6.07, 6.45) is 2.63. The van der Waals surface area contributed by atoms with Gasteiger partial charge in [0.05, 0.1) is 5.69 Å². The highest BCUT2D eigenvalue weighted by Gasteiger charge is 2.20. The topological polar surface area (TPSA) is 67.2 Å². The molecule has 90 valence electrons. The Hall–Kier alpha value is -1.36. The van der Waals surface area contributed by atoms with Gasteiger partial charge in [0.15, 0.2) is 0 Å². The van der Waals surface area contributed by atoms with Gasteiger partial charge in [0.1, 0.15) is 6.04 Å². The van der Waals surface area contributed by atoms with Crippen LogP contribution < -0.4 is 5.32 Å². The number of nitrogens with zero attached hydrogens (tertiary/aromatic N) is 2. The number of carboxylic acid groups (broad SMARTS) is 1. The molecule has 1 atom stereocenters. The SMILES string of the molecule is CC(C)C(NCCc1ccn(C)n1)C(=O)O. The van der Waals surface area contributed by atoms with Gasteiger partial charge in [0, 0.05) is 26.2 Å². The van der Waals surface area contributed by atoms with Crippen molar-refractivity contribution < 1.29 is 9.90 Å². The lowest BCUT2D eigenvalue weighted by atomic mass is 10.0. The number of hydrogen-bond donors (Lipinski definition) is 2. The Morgan fingerprint density at radius 2 is 2.31 bits per heavy atom. The maximum Gasteiger partial charge on any atom is 0.320 e. The van der Waals surface area contributed by atoms with E-state index in [4.69, 9.17) is 5.11 Å². The predicted molar refractivity (Wildman–Crippen MR) is 61.2 cm³/mol. The number of aliphatic carboxylic acids is 1. The monoisotopic (exact) mass is 225 g/mol. The number of rotatable bonds is 6. The third-order valence-electron chi connectivity index (χ3n) is 2.45. The normalized spacial score (nSPS) is 13.0. The number of aryl methyl sites for hydroxylation is 1. The van der Waals surface area contributed by atoms with Crippen molar-refractivity contribution in [1.29, 1.82) is 0 Å². The molecular formula is C11H19N3O2. The van der Waals surface area contributed by atoms with Gasteiger partial charge in [-0.3, -0.25) is 9.48 Å². The van der Waals surface area contributed by atoms with E-state index in [1.165, 1.54) is 0 Å². The predicted octanol–water partition coefficient (Wildman–Crippen LogP) is 0.661. The van der Waals surface area contributed by atoms with Gasteiger partial charge in [-0.1, -0.05) is 13.8 Å². The van der Waals surface area contributed by atoms with Gasteiger partial charge in [-0.15, -0.1) is 0 Å². The Morgan fingerprint density at radius 3 is 2.75 bits per heavy atom. The molecule has 1 aromatic heterocycles. The van der Waals surface area contributed by atoms with Crippen LogP contribution in [0.25, 0.3) is 0 Å². The largest absolute Gasteiger partial charge is 0.480 e. The number of aromatic nitrogens is 2. The lowest BCUT2D eigenvalue weighted by molar-refractivity contribution is -0.140. The van der Waals surface area contributed by atoms with E-state index in [1.807, 2.05) is 33.2 Å². The van der Waals surface area contributed by atoms with Crippen LogP contribution in [0.3, 0.4) is 0 Å². The van der Waals surface area contributed by atoms with Crippen LogP contribution in [0, 0.1) is 5.92 Å². The van der Waals surface area contributed by atoms with Crippen molar-refractivity contribution in [1.82, 2.24) is 15.1 Å². The van der Waals surface area contributed by atoms with Crippen LogP contribution in [0.2, 0.25) is 0 Å². The van der Waals surface area contributed by atoms with Crippen LogP contribution >= 0.6 is 0 Å². The first-order valence-corrected chi connectivity index (χ1v) is 5.45. The van der Waals surface area contributed by atoms with Crippen LogP contribution in [-0.4, -0.2) is 33.4 Å². The van der Waals surface area contributed by atoms with Gasteiger partial charge in [-0.2, -0.15) is 5.10 Å². The summed E-state index contributed by atoms with van der Waals surface area (Å²) >= 11 is 0. The first kappa shape index (κ1) is 12.7. The van der Waals surface area contributed by atoms with Gasteiger partial charge >= 0.3 is 5.97 Å². The van der Waals surface area contributed by atoms with E-state index >= 15 is 0 Å². The minimum Gasteiger partial charge on any atom is -0.480 e. The molecule has 0 amide bonds. The van der Waals surface area contributed by atoms with E-state index in [0.717, 1.165) is 12.1 Å². The summed E-state index contributed by atoms with van der Waals surface area (Å²) in [4.78, 5) is 10.9. The molecule has 0 aliphatic carbocycles. The van der Waals surface area contributed by atoms with Crippen molar-refractivity contribution in [3.8, 4) is 0 Å². The first-order chi connectivity index (χ1) is 7.50. The maximum absolute atomic E-state index is 10.9. The molecule has 1 aromatic rings. The summed E-state index contributed by atoms with van der Waals surface area (Å²) in [6.45, 7) is 4.42. The Bertz CT molecular complexity index is 347.